The second kappa shape index (κ2) is 8.63. The molecule has 1 atom stereocenters. The van der Waals surface area contributed by atoms with E-state index in [0.29, 0.717) is 10.7 Å². The van der Waals surface area contributed by atoms with Gasteiger partial charge in [0.25, 0.3) is 0 Å². The number of hydrogen-bond acceptors (Lipinski definition) is 5. The molecule has 0 unspecified atom stereocenters. The number of aryl methyl sites for hydroxylation is 2. The number of nitrogens with zero attached hydrogens (tertiary/aromatic N) is 4. The molecular weight excluding hydrogens is 392 g/mol. The SMILES string of the molecule is Cc1ccc(C(=O)[C@H](Sc2nnc(-c3ccncc3)n2C)c2ccc(C)cc2)cc1. The molecule has 0 radical (unpaired) electrons. The second-order valence-corrected chi connectivity index (χ2v) is 8.31. The maximum absolute atomic E-state index is 13.4. The van der Waals surface area contributed by atoms with E-state index < -0.39 is 5.25 Å². The normalized spacial score (nSPS) is 12.0. The monoisotopic (exact) mass is 414 g/mol. The molecule has 4 aromatic rings. The van der Waals surface area contributed by atoms with Crippen LogP contribution in [0.5, 0.6) is 0 Å². The number of hydrogen-bond donors (Lipinski definition) is 0. The molecule has 5 nitrogen and oxygen atoms in total. The second-order valence-electron chi connectivity index (χ2n) is 7.24. The first-order valence-corrected chi connectivity index (χ1v) is 10.5. The van der Waals surface area contributed by atoms with Crippen LogP contribution in [0.25, 0.3) is 11.4 Å². The van der Waals surface area contributed by atoms with E-state index in [1.54, 1.807) is 12.4 Å². The molecule has 0 amide bonds. The maximum atomic E-state index is 13.4. The van der Waals surface area contributed by atoms with E-state index in [2.05, 4.69) is 15.2 Å². The van der Waals surface area contributed by atoms with Crippen molar-refractivity contribution in [2.24, 2.45) is 7.05 Å². The van der Waals surface area contributed by atoms with Gasteiger partial charge in [-0.05, 0) is 31.5 Å². The number of carbonyl (C=O) groups is 1. The molecule has 6 heteroatoms. The minimum absolute atomic E-state index is 0.0531. The highest BCUT2D eigenvalue weighted by Crippen LogP contribution is 2.38. The Morgan fingerprint density at radius 2 is 1.47 bits per heavy atom. The number of benzene rings is 2. The molecule has 2 heterocycles. The highest BCUT2D eigenvalue weighted by atomic mass is 32.2. The lowest BCUT2D eigenvalue weighted by molar-refractivity contribution is 0.0989. The van der Waals surface area contributed by atoms with Crippen molar-refractivity contribution in [3.63, 3.8) is 0 Å². The summed E-state index contributed by atoms with van der Waals surface area (Å²) >= 11 is 1.42. The summed E-state index contributed by atoms with van der Waals surface area (Å²) < 4.78 is 1.92. The van der Waals surface area contributed by atoms with Crippen molar-refractivity contribution in [2.45, 2.75) is 24.3 Å². The van der Waals surface area contributed by atoms with Crippen molar-refractivity contribution >= 4 is 17.5 Å². The summed E-state index contributed by atoms with van der Waals surface area (Å²) in [5.74, 6) is 0.794. The quantitative estimate of drug-likeness (QED) is 0.320. The van der Waals surface area contributed by atoms with Crippen molar-refractivity contribution in [1.29, 1.82) is 0 Å². The molecule has 0 bridgehead atoms. The molecule has 0 aliphatic heterocycles. The molecule has 0 aliphatic carbocycles. The van der Waals surface area contributed by atoms with E-state index in [4.69, 9.17) is 0 Å². The molecule has 0 aliphatic rings. The van der Waals surface area contributed by atoms with Gasteiger partial charge in [0.1, 0.15) is 5.25 Å². The summed E-state index contributed by atoms with van der Waals surface area (Å²) in [6, 6.07) is 19.6. The predicted octanol–water partition coefficient (Wildman–Crippen LogP) is 5.21. The van der Waals surface area contributed by atoms with E-state index in [9.17, 15) is 4.79 Å². The number of carbonyl (C=O) groups excluding carboxylic acids is 1. The minimum atomic E-state index is -0.415. The lowest BCUT2D eigenvalue weighted by Gasteiger charge is -2.16. The zero-order valence-corrected chi connectivity index (χ0v) is 17.9. The first kappa shape index (κ1) is 20.0. The van der Waals surface area contributed by atoms with Crippen LogP contribution in [0.3, 0.4) is 0 Å². The van der Waals surface area contributed by atoms with E-state index in [-0.39, 0.29) is 5.78 Å². The topological polar surface area (TPSA) is 60.7 Å². The number of thioether (sulfide) groups is 1. The average molecular weight is 415 g/mol. The van der Waals surface area contributed by atoms with Crippen LogP contribution in [0.15, 0.2) is 78.2 Å². The van der Waals surface area contributed by atoms with Gasteiger partial charge in [0, 0.05) is 30.6 Å². The molecule has 4 rings (SSSR count). The first-order chi connectivity index (χ1) is 14.5. The fourth-order valence-corrected chi connectivity index (χ4v) is 4.24. The largest absolute Gasteiger partial charge is 0.305 e. The summed E-state index contributed by atoms with van der Waals surface area (Å²) in [5.41, 5.74) is 4.86. The highest BCUT2D eigenvalue weighted by Gasteiger charge is 2.26. The minimum Gasteiger partial charge on any atom is -0.305 e. The molecule has 2 aromatic heterocycles. The van der Waals surface area contributed by atoms with Gasteiger partial charge in [-0.25, -0.2) is 0 Å². The van der Waals surface area contributed by atoms with Crippen LogP contribution in [-0.2, 0) is 7.05 Å². The summed E-state index contributed by atoms with van der Waals surface area (Å²) in [6.07, 6.45) is 3.46. The van der Waals surface area contributed by atoms with Crippen LogP contribution in [0.1, 0.15) is 32.3 Å². The first-order valence-electron chi connectivity index (χ1n) is 9.67. The molecule has 0 saturated heterocycles. The Balaban J connectivity index is 1.70. The van der Waals surface area contributed by atoms with Crippen molar-refractivity contribution in [1.82, 2.24) is 19.7 Å². The van der Waals surface area contributed by atoms with E-state index >= 15 is 0 Å². The van der Waals surface area contributed by atoms with Gasteiger partial charge in [0.2, 0.25) is 0 Å². The highest BCUT2D eigenvalue weighted by molar-refractivity contribution is 8.00. The lowest BCUT2D eigenvalue weighted by Crippen LogP contribution is -2.11. The zero-order valence-electron chi connectivity index (χ0n) is 17.1. The van der Waals surface area contributed by atoms with Crippen molar-refractivity contribution in [2.75, 3.05) is 0 Å². The van der Waals surface area contributed by atoms with E-state index in [1.807, 2.05) is 86.1 Å². The van der Waals surface area contributed by atoms with Gasteiger partial charge in [-0.3, -0.25) is 9.78 Å². The van der Waals surface area contributed by atoms with Gasteiger partial charge in [0.05, 0.1) is 0 Å². The molecule has 30 heavy (non-hydrogen) atoms. The zero-order chi connectivity index (χ0) is 21.1. The Labute approximate surface area is 180 Å². The third kappa shape index (κ3) is 4.19. The molecule has 0 spiro atoms. The molecular formula is C24H22N4OS. The Hall–Kier alpha value is -3.25. The average Bonchev–Trinajstić information content (AvgIpc) is 3.13. The van der Waals surface area contributed by atoms with Gasteiger partial charge in [-0.1, -0.05) is 71.4 Å². The lowest BCUT2D eigenvalue weighted by atomic mass is 10.0. The van der Waals surface area contributed by atoms with Gasteiger partial charge < -0.3 is 4.57 Å². The van der Waals surface area contributed by atoms with E-state index in [1.165, 1.54) is 11.8 Å². The summed E-state index contributed by atoms with van der Waals surface area (Å²) in [7, 11) is 1.92. The van der Waals surface area contributed by atoms with Gasteiger partial charge in [0.15, 0.2) is 16.8 Å². The van der Waals surface area contributed by atoms with Crippen LogP contribution < -0.4 is 0 Å². The number of ketones is 1. The van der Waals surface area contributed by atoms with Gasteiger partial charge in [-0.15, -0.1) is 10.2 Å². The number of pyridine rings is 1. The van der Waals surface area contributed by atoms with Crippen molar-refractivity contribution < 1.29 is 4.79 Å². The fraction of sp³-hybridized carbons (Fsp3) is 0.167. The summed E-state index contributed by atoms with van der Waals surface area (Å²) in [5, 5.41) is 8.98. The van der Waals surface area contributed by atoms with Crippen LogP contribution >= 0.6 is 11.8 Å². The van der Waals surface area contributed by atoms with Crippen LogP contribution in [0.2, 0.25) is 0 Å². The van der Waals surface area contributed by atoms with Crippen LogP contribution in [0.4, 0.5) is 0 Å². The fourth-order valence-electron chi connectivity index (χ4n) is 3.16. The van der Waals surface area contributed by atoms with Crippen molar-refractivity contribution in [3.05, 3.63) is 95.3 Å². The Bertz CT molecular complexity index is 1150. The predicted molar refractivity (Wildman–Crippen MR) is 120 cm³/mol. The van der Waals surface area contributed by atoms with Gasteiger partial charge in [-0.2, -0.15) is 0 Å². The molecule has 150 valence electrons. The third-order valence-corrected chi connectivity index (χ3v) is 6.24. The molecule has 2 aromatic carbocycles. The van der Waals surface area contributed by atoms with Crippen LogP contribution in [0, 0.1) is 13.8 Å². The molecule has 0 saturated carbocycles. The molecule has 0 N–H and O–H groups in total. The number of rotatable bonds is 6. The smallest absolute Gasteiger partial charge is 0.192 e. The Kier molecular flexibility index (Phi) is 5.77. The summed E-state index contributed by atoms with van der Waals surface area (Å²) in [6.45, 7) is 4.05. The Morgan fingerprint density at radius 3 is 2.10 bits per heavy atom. The van der Waals surface area contributed by atoms with Gasteiger partial charge >= 0.3 is 0 Å². The van der Waals surface area contributed by atoms with Crippen molar-refractivity contribution in [3.8, 4) is 11.4 Å². The molecule has 0 fully saturated rings. The van der Waals surface area contributed by atoms with E-state index in [0.717, 1.165) is 28.1 Å². The third-order valence-electron chi connectivity index (χ3n) is 4.95. The standard InChI is InChI=1S/C24H22N4OS/c1-16-4-8-18(9-5-16)21(29)22(19-10-6-17(2)7-11-19)30-24-27-26-23(28(24)3)20-12-14-25-15-13-20/h4-15,22H,1-3H3/t22-/m1/s1. The number of aromatic nitrogens is 4. The maximum Gasteiger partial charge on any atom is 0.192 e. The van der Waals surface area contributed by atoms with Crippen LogP contribution in [-0.4, -0.2) is 25.5 Å². The summed E-state index contributed by atoms with van der Waals surface area (Å²) in [4.78, 5) is 17.5. The Morgan fingerprint density at radius 1 is 0.867 bits per heavy atom. The number of Topliss-reactive ketones (excluding diaryl/α,β-unsaturated/α-hetero) is 1.